The Morgan fingerprint density at radius 3 is 2.52 bits per heavy atom. The van der Waals surface area contributed by atoms with Crippen molar-refractivity contribution < 1.29 is 32.0 Å². The first-order valence-electron chi connectivity index (χ1n) is 8.14. The van der Waals surface area contributed by atoms with Crippen LogP contribution in [-0.4, -0.2) is 41.3 Å². The summed E-state index contributed by atoms with van der Waals surface area (Å²) in [5.41, 5.74) is 4.48. The zero-order chi connectivity index (χ0) is 20.2. The van der Waals surface area contributed by atoms with E-state index < -0.39 is 53.8 Å². The van der Waals surface area contributed by atoms with Crippen LogP contribution in [0.2, 0.25) is 0 Å². The number of anilines is 1. The van der Waals surface area contributed by atoms with Crippen LogP contribution in [0.4, 0.5) is 29.1 Å². The minimum atomic E-state index is -4.27. The van der Waals surface area contributed by atoms with E-state index in [0.717, 1.165) is 6.07 Å². The zero-order valence-corrected chi connectivity index (χ0v) is 14.1. The van der Waals surface area contributed by atoms with Crippen LogP contribution in [0.5, 0.6) is 5.88 Å². The SMILES string of the molecule is Nc1nc(OCCF)c(C(=O)N[C@H]2CC[C@H](C(F)(F)F)CC2)cc1[N+](=O)[O-]. The van der Waals surface area contributed by atoms with Gasteiger partial charge in [-0.15, -0.1) is 0 Å². The van der Waals surface area contributed by atoms with Crippen LogP contribution >= 0.6 is 0 Å². The first-order chi connectivity index (χ1) is 12.6. The molecule has 0 saturated heterocycles. The molecule has 3 N–H and O–H groups in total. The van der Waals surface area contributed by atoms with Gasteiger partial charge in [0.15, 0.2) is 0 Å². The lowest BCUT2D eigenvalue weighted by atomic mass is 9.85. The number of nitrogens with two attached hydrogens (primary N) is 1. The number of aromatic nitrogens is 1. The van der Waals surface area contributed by atoms with Gasteiger partial charge in [-0.2, -0.15) is 18.2 Å². The molecule has 1 aliphatic rings. The van der Waals surface area contributed by atoms with E-state index in [9.17, 15) is 32.5 Å². The summed E-state index contributed by atoms with van der Waals surface area (Å²) < 4.78 is 55.4. The van der Waals surface area contributed by atoms with E-state index in [2.05, 4.69) is 10.3 Å². The van der Waals surface area contributed by atoms with Gasteiger partial charge in [0, 0.05) is 12.1 Å². The highest BCUT2D eigenvalue weighted by Gasteiger charge is 2.41. The maximum Gasteiger partial charge on any atom is 0.391 e. The van der Waals surface area contributed by atoms with E-state index >= 15 is 0 Å². The largest absolute Gasteiger partial charge is 0.474 e. The number of carbonyl (C=O) groups excluding carboxylic acids is 1. The van der Waals surface area contributed by atoms with Crippen LogP contribution in [0.25, 0.3) is 0 Å². The maximum atomic E-state index is 12.7. The monoisotopic (exact) mass is 394 g/mol. The molecule has 0 radical (unpaired) electrons. The van der Waals surface area contributed by atoms with Crippen LogP contribution in [0.1, 0.15) is 36.0 Å². The van der Waals surface area contributed by atoms with Gasteiger partial charge in [0.25, 0.3) is 5.91 Å². The Hall–Kier alpha value is -2.66. The number of rotatable bonds is 6. The van der Waals surface area contributed by atoms with Gasteiger partial charge in [0.2, 0.25) is 11.7 Å². The van der Waals surface area contributed by atoms with Gasteiger partial charge in [-0.25, -0.2) is 4.39 Å². The number of alkyl halides is 4. The number of amides is 1. The maximum absolute atomic E-state index is 12.7. The molecule has 0 aromatic carbocycles. The molecule has 1 fully saturated rings. The van der Waals surface area contributed by atoms with Crippen molar-refractivity contribution in [2.24, 2.45) is 5.92 Å². The highest BCUT2D eigenvalue weighted by Crippen LogP contribution is 2.37. The van der Waals surface area contributed by atoms with Gasteiger partial charge >= 0.3 is 11.9 Å². The number of hydrogen-bond acceptors (Lipinski definition) is 6. The standard InChI is InChI=1S/C15H18F4N4O4/c16-5-6-27-14-10(7-11(23(25)26)12(20)22-14)13(24)21-9-3-1-8(2-4-9)15(17,18)19/h7-9H,1-6H2,(H2,20,22)(H,21,24)/t8-,9-. The van der Waals surface area contributed by atoms with Crippen LogP contribution in [0, 0.1) is 16.0 Å². The summed E-state index contributed by atoms with van der Waals surface area (Å²) in [4.78, 5) is 26.2. The van der Waals surface area contributed by atoms with E-state index in [1.807, 2.05) is 0 Å². The Morgan fingerprint density at radius 1 is 1.37 bits per heavy atom. The molecule has 1 aliphatic carbocycles. The summed E-state index contributed by atoms with van der Waals surface area (Å²) in [7, 11) is 0. The molecule has 1 aromatic rings. The van der Waals surface area contributed by atoms with Crippen molar-refractivity contribution in [1.82, 2.24) is 10.3 Å². The number of ether oxygens (including phenoxy) is 1. The number of pyridine rings is 1. The van der Waals surface area contributed by atoms with Crippen molar-refractivity contribution in [3.8, 4) is 5.88 Å². The number of halogens is 4. The second kappa shape index (κ2) is 8.35. The molecule has 0 unspecified atom stereocenters. The molecule has 1 aromatic heterocycles. The molecule has 27 heavy (non-hydrogen) atoms. The number of nitrogens with one attached hydrogen (secondary N) is 1. The number of nitro groups is 1. The Kier molecular flexibility index (Phi) is 6.39. The number of carbonyl (C=O) groups is 1. The third kappa shape index (κ3) is 5.17. The van der Waals surface area contributed by atoms with Crippen molar-refractivity contribution in [1.29, 1.82) is 0 Å². The molecule has 0 aliphatic heterocycles. The van der Waals surface area contributed by atoms with Crippen LogP contribution in [0.3, 0.4) is 0 Å². The molecule has 2 rings (SSSR count). The van der Waals surface area contributed by atoms with E-state index in [1.54, 1.807) is 0 Å². The van der Waals surface area contributed by atoms with Crippen LogP contribution < -0.4 is 15.8 Å². The summed E-state index contributed by atoms with van der Waals surface area (Å²) in [6.07, 6.45) is -4.30. The second-order valence-corrected chi connectivity index (χ2v) is 6.10. The van der Waals surface area contributed by atoms with E-state index in [4.69, 9.17) is 10.5 Å². The first kappa shape index (κ1) is 20.6. The lowest BCUT2D eigenvalue weighted by molar-refractivity contribution is -0.384. The normalized spacial score (nSPS) is 20.1. The molecule has 1 heterocycles. The predicted octanol–water partition coefficient (Wildman–Crippen LogP) is 2.77. The highest BCUT2D eigenvalue weighted by molar-refractivity contribution is 5.97. The van der Waals surface area contributed by atoms with Crippen molar-refractivity contribution >= 4 is 17.4 Å². The van der Waals surface area contributed by atoms with E-state index in [1.165, 1.54) is 0 Å². The second-order valence-electron chi connectivity index (χ2n) is 6.10. The lowest BCUT2D eigenvalue weighted by Crippen LogP contribution is -2.40. The average molecular weight is 394 g/mol. The van der Waals surface area contributed by atoms with Gasteiger partial charge in [-0.3, -0.25) is 14.9 Å². The zero-order valence-electron chi connectivity index (χ0n) is 14.1. The summed E-state index contributed by atoms with van der Waals surface area (Å²) in [6, 6.07) is 0.328. The molecule has 8 nitrogen and oxygen atoms in total. The molecule has 12 heteroatoms. The highest BCUT2D eigenvalue weighted by atomic mass is 19.4. The molecule has 150 valence electrons. The summed E-state index contributed by atoms with van der Waals surface area (Å²) in [5, 5.41) is 13.5. The quantitative estimate of drug-likeness (QED) is 0.435. The predicted molar refractivity (Wildman–Crippen MR) is 86.0 cm³/mol. The smallest absolute Gasteiger partial charge is 0.391 e. The molecule has 0 atom stereocenters. The third-order valence-corrected chi connectivity index (χ3v) is 4.28. The number of nitrogen functional groups attached to an aromatic ring is 1. The fraction of sp³-hybridized carbons (Fsp3) is 0.600. The minimum Gasteiger partial charge on any atom is -0.474 e. The summed E-state index contributed by atoms with van der Waals surface area (Å²) >= 11 is 0. The van der Waals surface area contributed by atoms with Crippen LogP contribution in [-0.2, 0) is 0 Å². The fourth-order valence-electron chi connectivity index (χ4n) is 2.88. The molecular weight excluding hydrogens is 376 g/mol. The van der Waals surface area contributed by atoms with Gasteiger partial charge in [0.1, 0.15) is 18.8 Å². The van der Waals surface area contributed by atoms with E-state index in [0.29, 0.717) is 0 Å². The third-order valence-electron chi connectivity index (χ3n) is 4.28. The first-order valence-corrected chi connectivity index (χ1v) is 8.14. The van der Waals surface area contributed by atoms with Gasteiger partial charge in [0.05, 0.1) is 10.8 Å². The molecule has 0 bridgehead atoms. The Morgan fingerprint density at radius 2 is 2.00 bits per heavy atom. The van der Waals surface area contributed by atoms with E-state index in [-0.39, 0.29) is 37.1 Å². The fourth-order valence-corrected chi connectivity index (χ4v) is 2.88. The number of nitrogens with zero attached hydrogens (tertiary/aromatic N) is 2. The average Bonchev–Trinajstić information content (AvgIpc) is 2.59. The van der Waals surface area contributed by atoms with Crippen LogP contribution in [0.15, 0.2) is 6.07 Å². The summed E-state index contributed by atoms with van der Waals surface area (Å²) in [5.74, 6) is -3.10. The van der Waals surface area contributed by atoms with Gasteiger partial charge in [-0.1, -0.05) is 0 Å². The topological polar surface area (TPSA) is 120 Å². The van der Waals surface area contributed by atoms with Crippen molar-refractivity contribution in [2.75, 3.05) is 19.0 Å². The Bertz CT molecular complexity index is 706. The molecule has 1 amide bonds. The molecule has 0 spiro atoms. The van der Waals surface area contributed by atoms with Gasteiger partial charge in [-0.05, 0) is 25.7 Å². The van der Waals surface area contributed by atoms with Gasteiger partial charge < -0.3 is 15.8 Å². The molecular formula is C15H18F4N4O4. The number of hydrogen-bond donors (Lipinski definition) is 2. The van der Waals surface area contributed by atoms with Crippen molar-refractivity contribution in [3.63, 3.8) is 0 Å². The summed E-state index contributed by atoms with van der Waals surface area (Å²) in [6.45, 7) is -1.33. The van der Waals surface area contributed by atoms with Crippen molar-refractivity contribution in [3.05, 3.63) is 21.7 Å². The lowest BCUT2D eigenvalue weighted by Gasteiger charge is -2.30. The minimum absolute atomic E-state index is 0.112. The molecule has 1 saturated carbocycles. The van der Waals surface area contributed by atoms with Crippen molar-refractivity contribution in [2.45, 2.75) is 37.9 Å². The Labute approximate surface area is 151 Å². The Balaban J connectivity index is 2.15.